The van der Waals surface area contributed by atoms with Gasteiger partial charge in [0.25, 0.3) is 0 Å². The average molecular weight is 1280 g/mol. The Kier molecular flexibility index (Phi) is 59.0. The molecule has 0 aromatic heterocycles. The lowest BCUT2D eigenvalue weighted by Crippen LogP contribution is -2.30. The van der Waals surface area contributed by atoms with Gasteiger partial charge in [0.05, 0.1) is 26.4 Å². The number of rotatable bonds is 67. The molecule has 0 fully saturated rings. The van der Waals surface area contributed by atoms with Gasteiger partial charge < -0.3 is 33.8 Å². The molecule has 17 nitrogen and oxygen atoms in total. The van der Waals surface area contributed by atoms with Gasteiger partial charge in [-0.05, 0) is 37.5 Å². The highest BCUT2D eigenvalue weighted by Gasteiger charge is 2.30. The number of aliphatic hydroxyl groups is 1. The molecule has 0 aromatic rings. The first-order valence-electron chi connectivity index (χ1n) is 35.5. The minimum atomic E-state index is -4.95. The third-order valence-corrected chi connectivity index (χ3v) is 18.0. The van der Waals surface area contributed by atoms with E-state index in [2.05, 4.69) is 41.5 Å². The first-order chi connectivity index (χ1) is 41.9. The summed E-state index contributed by atoms with van der Waals surface area (Å²) >= 11 is 0. The molecule has 516 valence electrons. The quantitative estimate of drug-likeness (QED) is 0.0222. The second kappa shape index (κ2) is 60.3. The first-order valence-corrected chi connectivity index (χ1v) is 38.5. The fourth-order valence-corrected chi connectivity index (χ4v) is 11.8. The van der Waals surface area contributed by atoms with Crippen LogP contribution in [0.25, 0.3) is 0 Å². The molecule has 0 spiro atoms. The molecule has 0 aliphatic rings. The van der Waals surface area contributed by atoms with Gasteiger partial charge in [0, 0.05) is 25.7 Å². The number of phosphoric ester groups is 2. The van der Waals surface area contributed by atoms with Crippen LogP contribution < -0.4 is 0 Å². The Balaban J connectivity index is 5.17. The lowest BCUT2D eigenvalue weighted by molar-refractivity contribution is -0.161. The Morgan fingerprint density at radius 1 is 0.333 bits per heavy atom. The summed E-state index contributed by atoms with van der Waals surface area (Å²) in [6, 6.07) is 0. The maximum absolute atomic E-state index is 13.0. The topological polar surface area (TPSA) is 237 Å². The number of ether oxygens (including phenoxy) is 4. The van der Waals surface area contributed by atoms with E-state index in [0.29, 0.717) is 25.7 Å². The van der Waals surface area contributed by atoms with Crippen molar-refractivity contribution in [2.45, 2.75) is 362 Å². The van der Waals surface area contributed by atoms with E-state index in [1.54, 1.807) is 0 Å². The number of hydrogen-bond donors (Lipinski definition) is 3. The molecule has 0 amide bonds. The van der Waals surface area contributed by atoms with Crippen LogP contribution in [0.2, 0.25) is 0 Å². The van der Waals surface area contributed by atoms with Crippen LogP contribution in [0.3, 0.4) is 0 Å². The SMILES string of the molecule is CCCCCCCCCCCCCC(=O)OC[C@H](COP(=O)(O)OC[C@@H](O)COP(=O)(O)OC[C@@H](COC(=O)CCCCCCCCC)OC(=O)CCCCCCCCC(C)CC)OC(=O)CCCCCCCCCCCCCCCCCCC(C)C. The summed E-state index contributed by atoms with van der Waals surface area (Å²) in [5, 5.41) is 10.5. The van der Waals surface area contributed by atoms with Crippen molar-refractivity contribution < 1.29 is 80.2 Å². The van der Waals surface area contributed by atoms with Crippen LogP contribution in [0.1, 0.15) is 343 Å². The Labute approximate surface area is 530 Å². The summed E-state index contributed by atoms with van der Waals surface area (Å²) in [6.45, 7) is 9.47. The third kappa shape index (κ3) is 61.3. The van der Waals surface area contributed by atoms with Crippen LogP contribution in [-0.2, 0) is 65.4 Å². The molecule has 0 saturated carbocycles. The second-order valence-electron chi connectivity index (χ2n) is 25.3. The zero-order chi connectivity index (χ0) is 64.3. The fourth-order valence-electron chi connectivity index (χ4n) is 10.2. The lowest BCUT2D eigenvalue weighted by Gasteiger charge is -2.21. The van der Waals surface area contributed by atoms with E-state index in [0.717, 1.165) is 115 Å². The van der Waals surface area contributed by atoms with Crippen LogP contribution >= 0.6 is 15.6 Å². The van der Waals surface area contributed by atoms with Gasteiger partial charge in [0.2, 0.25) is 0 Å². The van der Waals surface area contributed by atoms with Crippen LogP contribution in [0, 0.1) is 11.8 Å². The summed E-state index contributed by atoms with van der Waals surface area (Å²) in [6.07, 6.45) is 44.6. The summed E-state index contributed by atoms with van der Waals surface area (Å²) in [5.41, 5.74) is 0. The van der Waals surface area contributed by atoms with E-state index in [1.165, 1.54) is 148 Å². The average Bonchev–Trinajstić information content (AvgIpc) is 3.66. The van der Waals surface area contributed by atoms with Crippen molar-refractivity contribution >= 4 is 39.5 Å². The molecule has 0 aromatic carbocycles. The third-order valence-electron chi connectivity index (χ3n) is 16.1. The van der Waals surface area contributed by atoms with E-state index in [4.69, 9.17) is 37.0 Å². The Morgan fingerprint density at radius 3 is 0.874 bits per heavy atom. The smallest absolute Gasteiger partial charge is 0.462 e. The zero-order valence-corrected chi connectivity index (χ0v) is 58.1. The molecule has 0 radical (unpaired) electrons. The molecule has 0 rings (SSSR count). The number of unbranched alkanes of at least 4 members (excludes halogenated alkanes) is 36. The highest BCUT2D eigenvalue weighted by atomic mass is 31.2. The van der Waals surface area contributed by atoms with Gasteiger partial charge >= 0.3 is 39.5 Å². The number of phosphoric acid groups is 2. The zero-order valence-electron chi connectivity index (χ0n) is 56.3. The van der Waals surface area contributed by atoms with E-state index in [1.807, 2.05) is 0 Å². The van der Waals surface area contributed by atoms with Crippen molar-refractivity contribution in [1.29, 1.82) is 0 Å². The van der Waals surface area contributed by atoms with Crippen molar-refractivity contribution in [3.8, 4) is 0 Å². The monoisotopic (exact) mass is 1280 g/mol. The summed E-state index contributed by atoms with van der Waals surface area (Å²) in [4.78, 5) is 72.3. The molecular weight excluding hydrogens is 1150 g/mol. The van der Waals surface area contributed by atoms with Crippen molar-refractivity contribution in [1.82, 2.24) is 0 Å². The maximum Gasteiger partial charge on any atom is 0.472 e. The van der Waals surface area contributed by atoms with E-state index in [-0.39, 0.29) is 25.7 Å². The van der Waals surface area contributed by atoms with Crippen LogP contribution in [0.15, 0.2) is 0 Å². The predicted molar refractivity (Wildman–Crippen MR) is 349 cm³/mol. The van der Waals surface area contributed by atoms with Crippen molar-refractivity contribution in [2.75, 3.05) is 39.6 Å². The van der Waals surface area contributed by atoms with Gasteiger partial charge in [-0.1, -0.05) is 292 Å². The van der Waals surface area contributed by atoms with Crippen molar-refractivity contribution in [2.24, 2.45) is 11.8 Å². The van der Waals surface area contributed by atoms with Gasteiger partial charge in [-0.3, -0.25) is 37.3 Å². The Morgan fingerprint density at radius 2 is 0.586 bits per heavy atom. The molecule has 0 heterocycles. The second-order valence-corrected chi connectivity index (χ2v) is 28.2. The normalized spacial score (nSPS) is 14.5. The summed E-state index contributed by atoms with van der Waals surface area (Å²) in [5.74, 6) is -0.604. The fraction of sp³-hybridized carbons (Fsp3) is 0.941. The number of hydrogen-bond acceptors (Lipinski definition) is 15. The van der Waals surface area contributed by atoms with E-state index >= 15 is 0 Å². The molecule has 3 N–H and O–H groups in total. The van der Waals surface area contributed by atoms with Crippen LogP contribution in [0.4, 0.5) is 0 Å². The van der Waals surface area contributed by atoms with Crippen molar-refractivity contribution in [3.05, 3.63) is 0 Å². The van der Waals surface area contributed by atoms with Crippen LogP contribution in [-0.4, -0.2) is 96.7 Å². The molecule has 3 unspecified atom stereocenters. The molecule has 0 aliphatic carbocycles. The highest BCUT2D eigenvalue weighted by Crippen LogP contribution is 2.45. The van der Waals surface area contributed by atoms with Crippen molar-refractivity contribution in [3.63, 3.8) is 0 Å². The summed E-state index contributed by atoms with van der Waals surface area (Å²) in [7, 11) is -9.89. The van der Waals surface area contributed by atoms with Crippen LogP contribution in [0.5, 0.6) is 0 Å². The molecule has 0 aliphatic heterocycles. The van der Waals surface area contributed by atoms with Gasteiger partial charge in [-0.2, -0.15) is 0 Å². The number of esters is 4. The highest BCUT2D eigenvalue weighted by molar-refractivity contribution is 7.47. The Hall–Kier alpha value is -1.94. The van der Waals surface area contributed by atoms with Gasteiger partial charge in [0.15, 0.2) is 12.2 Å². The Bertz CT molecular complexity index is 1700. The van der Waals surface area contributed by atoms with Gasteiger partial charge in [-0.15, -0.1) is 0 Å². The number of carbonyl (C=O) groups is 4. The summed E-state index contributed by atoms with van der Waals surface area (Å²) < 4.78 is 68.0. The molecule has 19 heteroatoms. The molecule has 0 bridgehead atoms. The number of aliphatic hydroxyl groups excluding tert-OH is 1. The van der Waals surface area contributed by atoms with E-state index in [9.17, 15) is 43.2 Å². The molecule has 87 heavy (non-hydrogen) atoms. The minimum absolute atomic E-state index is 0.103. The number of carbonyl (C=O) groups excluding carboxylic acids is 4. The molecule has 0 saturated heterocycles. The molecular formula is C68H132O17P2. The minimum Gasteiger partial charge on any atom is -0.462 e. The molecule has 6 atom stereocenters. The standard InChI is InChI=1S/C68H132O17P2/c1-7-10-12-14-16-17-24-28-32-39-45-51-66(71)79-57-63(84-67(72)52-46-40-33-29-26-23-21-19-18-20-22-25-27-31-36-42-48-60(4)5)58-82-86(74,75)80-54-62(69)55-81-87(76,77)83-59-64(56-78-65(70)50-44-38-30-15-13-11-8-2)85-68(73)53-47-41-35-34-37-43-49-61(6)9-3/h60-64,69H,7-59H2,1-6H3,(H,74,75)(H,76,77)/t61?,62-,63-,64-/m1/s1. The first kappa shape index (κ1) is 85.1. The van der Waals surface area contributed by atoms with Gasteiger partial charge in [0.1, 0.15) is 19.3 Å². The largest absolute Gasteiger partial charge is 0.472 e. The maximum atomic E-state index is 13.0. The predicted octanol–water partition coefficient (Wildman–Crippen LogP) is 19.2. The lowest BCUT2D eigenvalue weighted by atomic mass is 10.00. The van der Waals surface area contributed by atoms with E-state index < -0.39 is 97.5 Å². The van der Waals surface area contributed by atoms with Gasteiger partial charge in [-0.25, -0.2) is 9.13 Å².